The second kappa shape index (κ2) is 4.30. The number of thiazole rings is 1. The third-order valence-corrected chi connectivity index (χ3v) is 3.51. The minimum Gasteiger partial charge on any atom is -0.257 e. The van der Waals surface area contributed by atoms with Crippen LogP contribution in [0.5, 0.6) is 0 Å². The average Bonchev–Trinajstić information content (AvgIpc) is 2.99. The number of aromatic amines is 1. The summed E-state index contributed by atoms with van der Waals surface area (Å²) in [6.45, 7) is 1.98. The Kier molecular flexibility index (Phi) is 2.64. The molecule has 0 saturated heterocycles. The number of rotatable bonds is 2. The van der Waals surface area contributed by atoms with Crippen LogP contribution in [-0.2, 0) is 0 Å². The Morgan fingerprint density at radius 1 is 1.22 bits per heavy atom. The maximum Gasteiger partial charge on any atom is 0.184 e. The smallest absolute Gasteiger partial charge is 0.184 e. The standard InChI is InChI=1S/C12H9FN4S/c1-7-10(8-2-4-9(13)5-3-8)16-12(18-7)11-14-6-15-17-11/h2-6H,1H3,(H,14,15,17). The molecule has 0 unspecified atom stereocenters. The van der Waals surface area contributed by atoms with Gasteiger partial charge in [0.1, 0.15) is 12.1 Å². The van der Waals surface area contributed by atoms with E-state index in [9.17, 15) is 4.39 Å². The van der Waals surface area contributed by atoms with Crippen LogP contribution >= 0.6 is 11.3 Å². The lowest BCUT2D eigenvalue weighted by atomic mass is 10.1. The van der Waals surface area contributed by atoms with Crippen LogP contribution in [0.4, 0.5) is 4.39 Å². The van der Waals surface area contributed by atoms with Gasteiger partial charge in [-0.15, -0.1) is 11.3 Å². The Labute approximate surface area is 107 Å². The van der Waals surface area contributed by atoms with Gasteiger partial charge in [-0.05, 0) is 31.2 Å². The lowest BCUT2D eigenvalue weighted by Crippen LogP contribution is -1.83. The molecule has 0 saturated carbocycles. The second-order valence-corrected chi connectivity index (χ2v) is 4.97. The van der Waals surface area contributed by atoms with Crippen molar-refractivity contribution >= 4 is 11.3 Å². The number of halogens is 1. The number of H-pyrrole nitrogens is 1. The number of aryl methyl sites for hydroxylation is 1. The Bertz CT molecular complexity index is 658. The van der Waals surface area contributed by atoms with E-state index in [0.717, 1.165) is 21.1 Å². The van der Waals surface area contributed by atoms with Crippen LogP contribution in [0.15, 0.2) is 30.6 Å². The molecule has 0 amide bonds. The zero-order chi connectivity index (χ0) is 12.5. The maximum absolute atomic E-state index is 12.9. The molecule has 0 bridgehead atoms. The molecule has 0 aliphatic carbocycles. The van der Waals surface area contributed by atoms with Crippen molar-refractivity contribution in [1.29, 1.82) is 0 Å². The van der Waals surface area contributed by atoms with Crippen molar-refractivity contribution < 1.29 is 4.39 Å². The van der Waals surface area contributed by atoms with E-state index in [0.29, 0.717) is 5.82 Å². The van der Waals surface area contributed by atoms with E-state index in [1.165, 1.54) is 29.8 Å². The van der Waals surface area contributed by atoms with E-state index < -0.39 is 0 Å². The maximum atomic E-state index is 12.9. The van der Waals surface area contributed by atoms with Gasteiger partial charge in [0.25, 0.3) is 0 Å². The number of nitrogens with zero attached hydrogens (tertiary/aromatic N) is 3. The molecule has 0 aliphatic heterocycles. The summed E-state index contributed by atoms with van der Waals surface area (Å²) >= 11 is 1.53. The predicted molar refractivity (Wildman–Crippen MR) is 67.6 cm³/mol. The lowest BCUT2D eigenvalue weighted by molar-refractivity contribution is 0.628. The van der Waals surface area contributed by atoms with E-state index in [1.807, 2.05) is 6.92 Å². The molecule has 3 aromatic rings. The average molecular weight is 260 g/mol. The first-order valence-corrected chi connectivity index (χ1v) is 6.15. The van der Waals surface area contributed by atoms with Crippen molar-refractivity contribution in [2.24, 2.45) is 0 Å². The van der Waals surface area contributed by atoms with Crippen LogP contribution in [0.3, 0.4) is 0 Å². The van der Waals surface area contributed by atoms with Crippen LogP contribution in [0, 0.1) is 12.7 Å². The second-order valence-electron chi connectivity index (χ2n) is 3.76. The molecule has 0 radical (unpaired) electrons. The van der Waals surface area contributed by atoms with Crippen LogP contribution in [0.1, 0.15) is 4.88 Å². The third kappa shape index (κ3) is 1.91. The first kappa shape index (κ1) is 11.0. The molecular weight excluding hydrogens is 251 g/mol. The quantitative estimate of drug-likeness (QED) is 0.770. The highest BCUT2D eigenvalue weighted by Crippen LogP contribution is 2.31. The molecule has 2 aromatic heterocycles. The number of hydrogen-bond donors (Lipinski definition) is 1. The normalized spacial score (nSPS) is 10.8. The number of benzene rings is 1. The van der Waals surface area contributed by atoms with E-state index in [2.05, 4.69) is 20.2 Å². The summed E-state index contributed by atoms with van der Waals surface area (Å²) in [5, 5.41) is 7.37. The summed E-state index contributed by atoms with van der Waals surface area (Å²) in [6, 6.07) is 6.31. The van der Waals surface area contributed by atoms with Crippen LogP contribution in [0.25, 0.3) is 22.1 Å². The summed E-state index contributed by atoms with van der Waals surface area (Å²) in [5.74, 6) is 0.401. The van der Waals surface area contributed by atoms with Crippen molar-refractivity contribution in [3.8, 4) is 22.1 Å². The van der Waals surface area contributed by atoms with Crippen molar-refractivity contribution in [3.63, 3.8) is 0 Å². The van der Waals surface area contributed by atoms with Crippen LogP contribution in [-0.4, -0.2) is 20.2 Å². The van der Waals surface area contributed by atoms with E-state index in [1.54, 1.807) is 12.1 Å². The summed E-state index contributed by atoms with van der Waals surface area (Å²) in [7, 11) is 0. The summed E-state index contributed by atoms with van der Waals surface area (Å²) < 4.78 is 12.9. The van der Waals surface area contributed by atoms with Gasteiger partial charge in [-0.1, -0.05) is 0 Å². The fourth-order valence-corrected chi connectivity index (χ4v) is 2.56. The van der Waals surface area contributed by atoms with Crippen molar-refractivity contribution in [3.05, 3.63) is 41.3 Å². The molecule has 1 aromatic carbocycles. The van der Waals surface area contributed by atoms with Gasteiger partial charge in [-0.3, -0.25) is 5.10 Å². The van der Waals surface area contributed by atoms with Gasteiger partial charge in [0.15, 0.2) is 10.8 Å². The van der Waals surface area contributed by atoms with E-state index in [-0.39, 0.29) is 5.82 Å². The SMILES string of the molecule is Cc1sc(-c2ncn[nH]2)nc1-c1ccc(F)cc1. The monoisotopic (exact) mass is 260 g/mol. The Hall–Kier alpha value is -2.08. The molecule has 90 valence electrons. The molecule has 0 aliphatic rings. The zero-order valence-corrected chi connectivity index (χ0v) is 10.3. The summed E-state index contributed by atoms with van der Waals surface area (Å²) in [5.41, 5.74) is 1.75. The predicted octanol–water partition coefficient (Wildman–Crippen LogP) is 3.04. The van der Waals surface area contributed by atoms with Gasteiger partial charge < -0.3 is 0 Å². The molecule has 0 atom stereocenters. The first-order chi connectivity index (χ1) is 8.74. The Morgan fingerprint density at radius 2 is 2.00 bits per heavy atom. The topological polar surface area (TPSA) is 54.5 Å². The van der Waals surface area contributed by atoms with Gasteiger partial charge >= 0.3 is 0 Å². The minimum atomic E-state index is -0.248. The van der Waals surface area contributed by atoms with Crippen LogP contribution < -0.4 is 0 Å². The lowest BCUT2D eigenvalue weighted by Gasteiger charge is -1.97. The van der Waals surface area contributed by atoms with Crippen molar-refractivity contribution in [1.82, 2.24) is 20.2 Å². The summed E-state index contributed by atoms with van der Waals surface area (Å²) in [4.78, 5) is 9.65. The molecule has 1 N–H and O–H groups in total. The molecule has 3 rings (SSSR count). The molecule has 4 nitrogen and oxygen atoms in total. The zero-order valence-electron chi connectivity index (χ0n) is 9.51. The number of aromatic nitrogens is 4. The van der Waals surface area contributed by atoms with Gasteiger partial charge in [0, 0.05) is 10.4 Å². The first-order valence-electron chi connectivity index (χ1n) is 5.33. The van der Waals surface area contributed by atoms with Crippen molar-refractivity contribution in [2.45, 2.75) is 6.92 Å². The van der Waals surface area contributed by atoms with Gasteiger partial charge in [-0.25, -0.2) is 14.4 Å². The third-order valence-electron chi connectivity index (χ3n) is 2.53. The molecule has 0 fully saturated rings. The highest BCUT2D eigenvalue weighted by molar-refractivity contribution is 7.15. The molecule has 2 heterocycles. The van der Waals surface area contributed by atoms with Gasteiger partial charge in [-0.2, -0.15) is 5.10 Å². The highest BCUT2D eigenvalue weighted by Gasteiger charge is 2.12. The Balaban J connectivity index is 2.06. The number of hydrogen-bond acceptors (Lipinski definition) is 4. The van der Waals surface area contributed by atoms with Crippen molar-refractivity contribution in [2.75, 3.05) is 0 Å². The van der Waals surface area contributed by atoms with Gasteiger partial charge in [0.05, 0.1) is 5.69 Å². The van der Waals surface area contributed by atoms with E-state index in [4.69, 9.17) is 0 Å². The van der Waals surface area contributed by atoms with E-state index >= 15 is 0 Å². The molecule has 18 heavy (non-hydrogen) atoms. The highest BCUT2D eigenvalue weighted by atomic mass is 32.1. The minimum absolute atomic E-state index is 0.248. The molecule has 6 heteroatoms. The van der Waals surface area contributed by atoms with Crippen LogP contribution in [0.2, 0.25) is 0 Å². The number of nitrogens with one attached hydrogen (secondary N) is 1. The summed E-state index contributed by atoms with van der Waals surface area (Å²) in [6.07, 6.45) is 1.45. The largest absolute Gasteiger partial charge is 0.257 e. The fraction of sp³-hybridized carbons (Fsp3) is 0.0833. The fourth-order valence-electron chi connectivity index (χ4n) is 1.68. The Morgan fingerprint density at radius 3 is 2.67 bits per heavy atom. The molecule has 0 spiro atoms. The van der Waals surface area contributed by atoms with Gasteiger partial charge in [0.2, 0.25) is 0 Å². The molecular formula is C12H9FN4S.